The minimum atomic E-state index is -0.318. The minimum Gasteiger partial charge on any atom is -0.459 e. The number of nitrogens with one attached hydrogen (secondary N) is 1. The summed E-state index contributed by atoms with van der Waals surface area (Å²) in [6.45, 7) is 0. The molecule has 1 N–H and O–H groups in total. The van der Waals surface area contributed by atoms with Gasteiger partial charge in [-0.05, 0) is 37.1 Å². The van der Waals surface area contributed by atoms with Crippen LogP contribution < -0.4 is 5.32 Å². The average Bonchev–Trinajstić information content (AvgIpc) is 3.12. The molecule has 1 aromatic heterocycles. The van der Waals surface area contributed by atoms with E-state index in [1.807, 2.05) is 0 Å². The van der Waals surface area contributed by atoms with E-state index in [9.17, 15) is 9.59 Å². The summed E-state index contributed by atoms with van der Waals surface area (Å²) in [5.74, 6) is 0.269. The third-order valence-electron chi connectivity index (χ3n) is 3.10. The SMILES string of the molecule is O=C(Nc1cccc(C(=O)C2CC2)c1)c1ccco1. The standard InChI is InChI=1S/C15H13NO3/c17-14(10-6-7-10)11-3-1-4-12(9-11)16-15(18)13-5-2-8-19-13/h1-5,8-10H,6-7H2,(H,16,18). The summed E-state index contributed by atoms with van der Waals surface area (Å²) < 4.78 is 5.01. The summed E-state index contributed by atoms with van der Waals surface area (Å²) in [6.07, 6.45) is 3.39. The van der Waals surface area contributed by atoms with Crippen LogP contribution in [0.15, 0.2) is 47.1 Å². The monoisotopic (exact) mass is 255 g/mol. The average molecular weight is 255 g/mol. The topological polar surface area (TPSA) is 59.3 Å². The summed E-state index contributed by atoms with van der Waals surface area (Å²) >= 11 is 0. The lowest BCUT2D eigenvalue weighted by molar-refractivity contribution is 0.0964. The number of rotatable bonds is 4. The van der Waals surface area contributed by atoms with E-state index in [0.717, 1.165) is 12.8 Å². The van der Waals surface area contributed by atoms with Crippen molar-refractivity contribution in [1.82, 2.24) is 0 Å². The highest BCUT2D eigenvalue weighted by molar-refractivity contribution is 6.04. The van der Waals surface area contributed by atoms with Crippen molar-refractivity contribution in [3.63, 3.8) is 0 Å². The lowest BCUT2D eigenvalue weighted by atomic mass is 10.1. The zero-order valence-electron chi connectivity index (χ0n) is 10.3. The first kappa shape index (κ1) is 11.7. The Bertz CT molecular complexity index is 612. The van der Waals surface area contributed by atoms with E-state index in [-0.39, 0.29) is 23.4 Å². The van der Waals surface area contributed by atoms with E-state index in [2.05, 4.69) is 5.32 Å². The van der Waals surface area contributed by atoms with Crippen LogP contribution in [0, 0.1) is 5.92 Å². The van der Waals surface area contributed by atoms with Gasteiger partial charge in [0.15, 0.2) is 11.5 Å². The molecule has 0 aliphatic heterocycles. The molecule has 1 heterocycles. The Kier molecular flexibility index (Phi) is 2.91. The van der Waals surface area contributed by atoms with E-state index < -0.39 is 0 Å². The Morgan fingerprint density at radius 2 is 2.00 bits per heavy atom. The van der Waals surface area contributed by atoms with Gasteiger partial charge in [-0.2, -0.15) is 0 Å². The van der Waals surface area contributed by atoms with Gasteiger partial charge in [0, 0.05) is 17.2 Å². The molecule has 1 fully saturated rings. The molecule has 4 nitrogen and oxygen atoms in total. The van der Waals surface area contributed by atoms with Crippen LogP contribution in [0.2, 0.25) is 0 Å². The number of Topliss-reactive ketones (excluding diaryl/α,β-unsaturated/α-hetero) is 1. The predicted molar refractivity (Wildman–Crippen MR) is 70.2 cm³/mol. The molecule has 0 unspecified atom stereocenters. The number of carbonyl (C=O) groups excluding carboxylic acids is 2. The Labute approximate surface area is 110 Å². The smallest absolute Gasteiger partial charge is 0.291 e. The summed E-state index contributed by atoms with van der Waals surface area (Å²) in [4.78, 5) is 23.8. The maximum atomic E-state index is 11.9. The normalized spacial score (nSPS) is 14.1. The fraction of sp³-hybridized carbons (Fsp3) is 0.200. The lowest BCUT2D eigenvalue weighted by Crippen LogP contribution is -2.11. The second-order valence-corrected chi connectivity index (χ2v) is 4.65. The second-order valence-electron chi connectivity index (χ2n) is 4.65. The van der Waals surface area contributed by atoms with Gasteiger partial charge in [-0.1, -0.05) is 12.1 Å². The first-order valence-electron chi connectivity index (χ1n) is 6.23. The molecule has 0 atom stereocenters. The number of ketones is 1. The van der Waals surface area contributed by atoms with E-state index in [1.165, 1.54) is 6.26 Å². The molecular weight excluding hydrogens is 242 g/mol. The third kappa shape index (κ3) is 2.57. The highest BCUT2D eigenvalue weighted by Crippen LogP contribution is 2.33. The van der Waals surface area contributed by atoms with Crippen molar-refractivity contribution in [2.24, 2.45) is 5.92 Å². The van der Waals surface area contributed by atoms with Gasteiger partial charge in [0.2, 0.25) is 0 Å². The van der Waals surface area contributed by atoms with Crippen LogP contribution in [0.3, 0.4) is 0 Å². The van der Waals surface area contributed by atoms with Crippen LogP contribution >= 0.6 is 0 Å². The number of amides is 1. The van der Waals surface area contributed by atoms with Crippen molar-refractivity contribution in [3.8, 4) is 0 Å². The molecule has 19 heavy (non-hydrogen) atoms. The molecule has 1 aliphatic carbocycles. The fourth-order valence-corrected chi connectivity index (χ4v) is 1.93. The maximum absolute atomic E-state index is 11.9. The maximum Gasteiger partial charge on any atom is 0.291 e. The molecular formula is C15H13NO3. The number of hydrogen-bond donors (Lipinski definition) is 1. The lowest BCUT2D eigenvalue weighted by Gasteiger charge is -2.05. The zero-order chi connectivity index (χ0) is 13.2. The molecule has 3 rings (SSSR count). The number of benzene rings is 1. The number of furan rings is 1. The molecule has 1 aromatic carbocycles. The van der Waals surface area contributed by atoms with Crippen molar-refractivity contribution in [3.05, 3.63) is 54.0 Å². The molecule has 1 aliphatic rings. The van der Waals surface area contributed by atoms with E-state index >= 15 is 0 Å². The van der Waals surface area contributed by atoms with Crippen LogP contribution in [0.5, 0.6) is 0 Å². The molecule has 2 aromatic rings. The van der Waals surface area contributed by atoms with Gasteiger partial charge in [-0.15, -0.1) is 0 Å². The van der Waals surface area contributed by atoms with Crippen molar-refractivity contribution in [2.45, 2.75) is 12.8 Å². The first-order chi connectivity index (χ1) is 9.24. The molecule has 0 spiro atoms. The van der Waals surface area contributed by atoms with Crippen LogP contribution in [0.4, 0.5) is 5.69 Å². The van der Waals surface area contributed by atoms with Crippen LogP contribution in [-0.4, -0.2) is 11.7 Å². The Morgan fingerprint density at radius 1 is 1.16 bits per heavy atom. The number of anilines is 1. The fourth-order valence-electron chi connectivity index (χ4n) is 1.93. The van der Waals surface area contributed by atoms with Crippen LogP contribution in [0.25, 0.3) is 0 Å². The van der Waals surface area contributed by atoms with Gasteiger partial charge >= 0.3 is 0 Å². The molecule has 96 valence electrons. The van der Waals surface area contributed by atoms with E-state index in [1.54, 1.807) is 36.4 Å². The molecule has 0 radical (unpaired) electrons. The van der Waals surface area contributed by atoms with Gasteiger partial charge in [0.25, 0.3) is 5.91 Å². The van der Waals surface area contributed by atoms with Gasteiger partial charge < -0.3 is 9.73 Å². The third-order valence-corrected chi connectivity index (χ3v) is 3.10. The number of carbonyl (C=O) groups is 2. The minimum absolute atomic E-state index is 0.161. The van der Waals surface area contributed by atoms with Gasteiger partial charge in [-0.3, -0.25) is 9.59 Å². The molecule has 0 saturated heterocycles. The second kappa shape index (κ2) is 4.72. The first-order valence-corrected chi connectivity index (χ1v) is 6.23. The molecule has 1 saturated carbocycles. The van der Waals surface area contributed by atoms with Gasteiger partial charge in [0.1, 0.15) is 0 Å². The van der Waals surface area contributed by atoms with Crippen LogP contribution in [-0.2, 0) is 0 Å². The Balaban J connectivity index is 1.76. The van der Waals surface area contributed by atoms with E-state index in [4.69, 9.17) is 4.42 Å². The number of hydrogen-bond acceptors (Lipinski definition) is 3. The van der Waals surface area contributed by atoms with Crippen molar-refractivity contribution < 1.29 is 14.0 Å². The summed E-state index contributed by atoms with van der Waals surface area (Å²) in [5, 5.41) is 2.71. The highest BCUT2D eigenvalue weighted by Gasteiger charge is 2.30. The Hall–Kier alpha value is -2.36. The Morgan fingerprint density at radius 3 is 2.68 bits per heavy atom. The van der Waals surface area contributed by atoms with Gasteiger partial charge in [-0.25, -0.2) is 0 Å². The van der Waals surface area contributed by atoms with Gasteiger partial charge in [0.05, 0.1) is 6.26 Å². The quantitative estimate of drug-likeness (QED) is 0.854. The summed E-state index contributed by atoms with van der Waals surface area (Å²) in [6, 6.07) is 10.3. The molecule has 1 amide bonds. The van der Waals surface area contributed by atoms with Crippen molar-refractivity contribution >= 4 is 17.4 Å². The summed E-state index contributed by atoms with van der Waals surface area (Å²) in [5.41, 5.74) is 1.26. The summed E-state index contributed by atoms with van der Waals surface area (Å²) in [7, 11) is 0. The van der Waals surface area contributed by atoms with E-state index in [0.29, 0.717) is 11.3 Å². The predicted octanol–water partition coefficient (Wildman–Crippen LogP) is 3.12. The highest BCUT2D eigenvalue weighted by atomic mass is 16.3. The zero-order valence-corrected chi connectivity index (χ0v) is 10.3. The van der Waals surface area contributed by atoms with Crippen molar-refractivity contribution in [1.29, 1.82) is 0 Å². The van der Waals surface area contributed by atoms with Crippen molar-refractivity contribution in [2.75, 3.05) is 5.32 Å². The largest absolute Gasteiger partial charge is 0.459 e. The molecule has 4 heteroatoms. The van der Waals surface area contributed by atoms with Crippen LogP contribution in [0.1, 0.15) is 33.8 Å². The molecule has 0 bridgehead atoms.